The van der Waals surface area contributed by atoms with E-state index in [9.17, 15) is 0 Å². The number of ether oxygens (including phenoxy) is 1. The summed E-state index contributed by atoms with van der Waals surface area (Å²) in [5.74, 6) is 1.59. The molecule has 0 aromatic carbocycles. The van der Waals surface area contributed by atoms with E-state index < -0.39 is 0 Å². The molecule has 4 nitrogen and oxygen atoms in total. The average Bonchev–Trinajstić information content (AvgIpc) is 2.73. The number of hydrogen-bond acceptors (Lipinski definition) is 5. The molecule has 0 radical (unpaired) electrons. The molecule has 84 valence electrons. The molecule has 0 aliphatic carbocycles. The number of methoxy groups -OCH3 is 1. The molecule has 0 saturated carbocycles. The van der Waals surface area contributed by atoms with Crippen LogP contribution in [-0.4, -0.2) is 17.1 Å². The van der Waals surface area contributed by atoms with Gasteiger partial charge in [-0.2, -0.15) is 0 Å². The Hall–Kier alpha value is -1.62. The van der Waals surface area contributed by atoms with Gasteiger partial charge in [0.15, 0.2) is 0 Å². The summed E-state index contributed by atoms with van der Waals surface area (Å²) in [6.07, 6.45) is 3.57. The summed E-state index contributed by atoms with van der Waals surface area (Å²) in [4.78, 5) is 9.70. The van der Waals surface area contributed by atoms with Gasteiger partial charge in [-0.1, -0.05) is 0 Å². The van der Waals surface area contributed by atoms with Crippen molar-refractivity contribution in [1.29, 1.82) is 0 Å². The number of aryl methyl sites for hydroxylation is 1. The molecule has 16 heavy (non-hydrogen) atoms. The molecule has 0 aliphatic heterocycles. The molecule has 0 saturated heterocycles. The third-order valence-electron chi connectivity index (χ3n) is 2.06. The van der Waals surface area contributed by atoms with Gasteiger partial charge in [0, 0.05) is 11.1 Å². The molecule has 0 fully saturated rings. The molecule has 0 aliphatic rings. The number of aromatic nitrogens is 2. The molecule has 5 heteroatoms. The van der Waals surface area contributed by atoms with Crippen molar-refractivity contribution in [2.24, 2.45) is 0 Å². The number of hydrogen-bond donors (Lipinski definition) is 1. The predicted octanol–water partition coefficient (Wildman–Crippen LogP) is 2.47. The van der Waals surface area contributed by atoms with Crippen molar-refractivity contribution in [2.45, 2.75) is 13.5 Å². The molecular formula is C11H13N3OS. The van der Waals surface area contributed by atoms with E-state index in [1.807, 2.05) is 25.3 Å². The minimum atomic E-state index is 0.706. The minimum Gasteiger partial charge on any atom is -0.495 e. The van der Waals surface area contributed by atoms with E-state index in [1.165, 1.54) is 4.88 Å². The van der Waals surface area contributed by atoms with Gasteiger partial charge in [0.1, 0.15) is 16.6 Å². The largest absolute Gasteiger partial charge is 0.495 e. The summed E-state index contributed by atoms with van der Waals surface area (Å²) >= 11 is 1.69. The molecule has 2 aromatic heterocycles. The highest BCUT2D eigenvalue weighted by Gasteiger charge is 1.99. The van der Waals surface area contributed by atoms with Gasteiger partial charge in [0.25, 0.3) is 0 Å². The Morgan fingerprint density at radius 3 is 2.75 bits per heavy atom. The topological polar surface area (TPSA) is 47.0 Å². The van der Waals surface area contributed by atoms with Gasteiger partial charge in [0.2, 0.25) is 0 Å². The zero-order valence-electron chi connectivity index (χ0n) is 9.23. The number of nitrogens with zero attached hydrogens (tertiary/aromatic N) is 2. The zero-order chi connectivity index (χ0) is 11.4. The summed E-state index contributed by atoms with van der Waals surface area (Å²) in [5.41, 5.74) is 0. The van der Waals surface area contributed by atoms with Gasteiger partial charge in [0.05, 0.1) is 19.9 Å². The van der Waals surface area contributed by atoms with E-state index in [-0.39, 0.29) is 0 Å². The number of thiazole rings is 1. The van der Waals surface area contributed by atoms with Crippen LogP contribution < -0.4 is 10.1 Å². The third kappa shape index (κ3) is 2.70. The Balaban J connectivity index is 1.94. The predicted molar refractivity (Wildman–Crippen MR) is 65.0 cm³/mol. The van der Waals surface area contributed by atoms with Gasteiger partial charge in [-0.15, -0.1) is 11.3 Å². The highest BCUT2D eigenvalue weighted by molar-refractivity contribution is 7.11. The van der Waals surface area contributed by atoms with Crippen molar-refractivity contribution in [2.75, 3.05) is 12.4 Å². The lowest BCUT2D eigenvalue weighted by Crippen LogP contribution is -2.00. The monoisotopic (exact) mass is 235 g/mol. The van der Waals surface area contributed by atoms with Crippen LogP contribution in [0.2, 0.25) is 0 Å². The van der Waals surface area contributed by atoms with E-state index in [0.29, 0.717) is 6.54 Å². The average molecular weight is 235 g/mol. The first kappa shape index (κ1) is 10.9. The maximum atomic E-state index is 5.03. The number of nitrogens with one attached hydrogen (secondary N) is 1. The smallest absolute Gasteiger partial charge is 0.137 e. The molecule has 0 amide bonds. The fourth-order valence-electron chi connectivity index (χ4n) is 1.25. The van der Waals surface area contributed by atoms with Crippen molar-refractivity contribution in [3.05, 3.63) is 34.4 Å². The van der Waals surface area contributed by atoms with E-state index >= 15 is 0 Å². The van der Waals surface area contributed by atoms with Crippen LogP contribution in [0.5, 0.6) is 5.75 Å². The second kappa shape index (κ2) is 4.94. The molecule has 2 heterocycles. The van der Waals surface area contributed by atoms with Crippen LogP contribution in [0.25, 0.3) is 0 Å². The molecule has 1 N–H and O–H groups in total. The summed E-state index contributed by atoms with van der Waals surface area (Å²) in [6.45, 7) is 2.75. The number of rotatable bonds is 4. The van der Waals surface area contributed by atoms with Crippen molar-refractivity contribution in [3.63, 3.8) is 0 Å². The van der Waals surface area contributed by atoms with Gasteiger partial charge >= 0.3 is 0 Å². The normalized spacial score (nSPS) is 10.1. The van der Waals surface area contributed by atoms with Gasteiger partial charge in [-0.25, -0.2) is 9.97 Å². The van der Waals surface area contributed by atoms with Crippen molar-refractivity contribution >= 4 is 17.2 Å². The first-order chi connectivity index (χ1) is 7.78. The molecule has 2 aromatic rings. The highest BCUT2D eigenvalue weighted by Crippen LogP contribution is 2.14. The SMILES string of the molecule is COc1ccc(NCc2ncc(C)s2)nc1. The molecule has 0 bridgehead atoms. The molecule has 0 unspecified atom stereocenters. The second-order valence-corrected chi connectivity index (χ2v) is 4.62. The first-order valence-electron chi connectivity index (χ1n) is 4.93. The van der Waals surface area contributed by atoms with E-state index in [1.54, 1.807) is 24.6 Å². The molecule has 0 spiro atoms. The third-order valence-corrected chi connectivity index (χ3v) is 2.97. The fourth-order valence-corrected chi connectivity index (χ4v) is 1.98. The summed E-state index contributed by atoms with van der Waals surface area (Å²) in [7, 11) is 1.63. The highest BCUT2D eigenvalue weighted by atomic mass is 32.1. The van der Waals surface area contributed by atoms with E-state index in [0.717, 1.165) is 16.6 Å². The summed E-state index contributed by atoms with van der Waals surface area (Å²) in [6, 6.07) is 3.77. The second-order valence-electron chi connectivity index (χ2n) is 3.30. The van der Waals surface area contributed by atoms with Crippen molar-refractivity contribution in [1.82, 2.24) is 9.97 Å². The molecule has 2 rings (SSSR count). The Bertz CT molecular complexity index is 453. The number of anilines is 1. The number of pyridine rings is 1. The lowest BCUT2D eigenvalue weighted by Gasteiger charge is -2.04. The maximum absolute atomic E-state index is 5.03. The van der Waals surface area contributed by atoms with Gasteiger partial charge < -0.3 is 10.1 Å². The maximum Gasteiger partial charge on any atom is 0.137 e. The zero-order valence-corrected chi connectivity index (χ0v) is 10.0. The van der Waals surface area contributed by atoms with Gasteiger partial charge in [-0.3, -0.25) is 0 Å². The quantitative estimate of drug-likeness (QED) is 0.884. The van der Waals surface area contributed by atoms with Crippen LogP contribution in [0.15, 0.2) is 24.5 Å². The Morgan fingerprint density at radius 2 is 2.19 bits per heavy atom. The summed E-state index contributed by atoms with van der Waals surface area (Å²) < 4.78 is 5.03. The van der Waals surface area contributed by atoms with Crippen LogP contribution in [0.4, 0.5) is 5.82 Å². The Labute approximate surface area is 98.3 Å². The Morgan fingerprint density at radius 1 is 1.31 bits per heavy atom. The van der Waals surface area contributed by atoms with Crippen LogP contribution in [-0.2, 0) is 6.54 Å². The Kier molecular flexibility index (Phi) is 3.36. The minimum absolute atomic E-state index is 0.706. The first-order valence-corrected chi connectivity index (χ1v) is 5.75. The lowest BCUT2D eigenvalue weighted by molar-refractivity contribution is 0.413. The van der Waals surface area contributed by atoms with Crippen LogP contribution in [0.3, 0.4) is 0 Å². The van der Waals surface area contributed by atoms with E-state index in [4.69, 9.17) is 4.74 Å². The van der Waals surface area contributed by atoms with Gasteiger partial charge in [-0.05, 0) is 19.1 Å². The summed E-state index contributed by atoms with van der Waals surface area (Å²) in [5, 5.41) is 4.27. The molecular weight excluding hydrogens is 222 g/mol. The van der Waals surface area contributed by atoms with Crippen LogP contribution >= 0.6 is 11.3 Å². The lowest BCUT2D eigenvalue weighted by atomic mass is 10.4. The van der Waals surface area contributed by atoms with E-state index in [2.05, 4.69) is 15.3 Å². The van der Waals surface area contributed by atoms with Crippen LogP contribution in [0.1, 0.15) is 9.88 Å². The fraction of sp³-hybridized carbons (Fsp3) is 0.273. The standard InChI is InChI=1S/C11H13N3OS/c1-8-5-14-11(16-8)7-13-10-4-3-9(15-2)6-12-10/h3-6H,7H2,1-2H3,(H,12,13). The van der Waals surface area contributed by atoms with Crippen molar-refractivity contribution in [3.8, 4) is 5.75 Å². The van der Waals surface area contributed by atoms with Crippen LogP contribution in [0, 0.1) is 6.92 Å². The molecule has 0 atom stereocenters. The van der Waals surface area contributed by atoms with Crippen molar-refractivity contribution < 1.29 is 4.74 Å².